The number of hydrogen-bond donors (Lipinski definition) is 1. The summed E-state index contributed by atoms with van der Waals surface area (Å²) >= 11 is 0. The van der Waals surface area contributed by atoms with Crippen molar-refractivity contribution in [2.75, 3.05) is 19.7 Å². The molecule has 5 rings (SSSR count). The number of pyridine rings is 1. The van der Waals surface area contributed by atoms with Gasteiger partial charge in [0.05, 0.1) is 13.2 Å². The van der Waals surface area contributed by atoms with Crippen LogP contribution < -0.4 is 10.3 Å². The van der Waals surface area contributed by atoms with Gasteiger partial charge in [0.25, 0.3) is 5.56 Å². The largest absolute Gasteiger partial charge is 0.494 e. The van der Waals surface area contributed by atoms with Gasteiger partial charge in [0.2, 0.25) is 0 Å². The number of likely N-dealkylation sites (tertiary alicyclic amines) is 1. The van der Waals surface area contributed by atoms with Gasteiger partial charge in [-0.1, -0.05) is 25.0 Å². The fourth-order valence-electron chi connectivity index (χ4n) is 4.80. The Balaban J connectivity index is 1.60. The van der Waals surface area contributed by atoms with Crippen LogP contribution in [0.3, 0.4) is 0 Å². The summed E-state index contributed by atoms with van der Waals surface area (Å²) in [5.74, 6) is 1.06. The van der Waals surface area contributed by atoms with Crippen LogP contribution in [0.25, 0.3) is 10.9 Å². The Morgan fingerprint density at radius 1 is 1.06 bits per heavy atom. The molecule has 1 saturated heterocycles. The zero-order valence-electron chi connectivity index (χ0n) is 19.8. The highest BCUT2D eigenvalue weighted by atomic mass is 19.1. The fraction of sp³-hybridized carbons (Fsp3) is 0.385. The number of rotatable bonds is 7. The molecular weight excluding hydrogens is 447 g/mol. The van der Waals surface area contributed by atoms with Crippen LogP contribution >= 0.6 is 0 Å². The maximum atomic E-state index is 13.4. The van der Waals surface area contributed by atoms with Crippen LogP contribution in [0.5, 0.6) is 5.75 Å². The highest BCUT2D eigenvalue weighted by Crippen LogP contribution is 2.30. The Labute approximate surface area is 202 Å². The number of nitrogens with zero attached hydrogens (tertiary/aromatic N) is 5. The van der Waals surface area contributed by atoms with E-state index in [9.17, 15) is 9.18 Å². The molecular formula is C26H29FN6O2. The van der Waals surface area contributed by atoms with Crippen molar-refractivity contribution >= 4 is 10.9 Å². The van der Waals surface area contributed by atoms with Crippen LogP contribution in [0.2, 0.25) is 0 Å². The molecule has 1 fully saturated rings. The molecule has 0 amide bonds. The molecule has 0 spiro atoms. The molecule has 1 unspecified atom stereocenters. The number of fused-ring (bicyclic) bond motifs is 1. The monoisotopic (exact) mass is 476 g/mol. The van der Waals surface area contributed by atoms with E-state index >= 15 is 0 Å². The Hall–Kier alpha value is -3.59. The average molecular weight is 477 g/mol. The smallest absolute Gasteiger partial charge is 0.253 e. The van der Waals surface area contributed by atoms with Gasteiger partial charge in [-0.25, -0.2) is 9.07 Å². The van der Waals surface area contributed by atoms with Gasteiger partial charge >= 0.3 is 0 Å². The lowest BCUT2D eigenvalue weighted by Crippen LogP contribution is -2.36. The van der Waals surface area contributed by atoms with Crippen LogP contribution in [0.1, 0.15) is 55.6 Å². The second-order valence-corrected chi connectivity index (χ2v) is 8.91. The number of aromatic nitrogens is 5. The zero-order chi connectivity index (χ0) is 24.2. The first-order valence-electron chi connectivity index (χ1n) is 12.2. The zero-order valence-corrected chi connectivity index (χ0v) is 19.8. The minimum Gasteiger partial charge on any atom is -0.494 e. The van der Waals surface area contributed by atoms with Gasteiger partial charge in [-0.15, -0.1) is 5.10 Å². The van der Waals surface area contributed by atoms with E-state index in [4.69, 9.17) is 4.74 Å². The van der Waals surface area contributed by atoms with Crippen LogP contribution in [-0.2, 0) is 6.54 Å². The van der Waals surface area contributed by atoms with Crippen molar-refractivity contribution < 1.29 is 9.13 Å². The van der Waals surface area contributed by atoms with Crippen molar-refractivity contribution in [3.05, 3.63) is 81.7 Å². The molecule has 1 aliphatic rings. The molecule has 8 nitrogen and oxygen atoms in total. The van der Waals surface area contributed by atoms with Crippen molar-refractivity contribution in [1.29, 1.82) is 0 Å². The second kappa shape index (κ2) is 10.4. The van der Waals surface area contributed by atoms with Crippen LogP contribution in [0.15, 0.2) is 53.3 Å². The van der Waals surface area contributed by atoms with Gasteiger partial charge in [-0.3, -0.25) is 9.69 Å². The summed E-state index contributed by atoms with van der Waals surface area (Å²) in [7, 11) is 0. The van der Waals surface area contributed by atoms with E-state index in [1.165, 1.54) is 12.1 Å². The van der Waals surface area contributed by atoms with Crippen molar-refractivity contribution in [3.63, 3.8) is 0 Å². The molecule has 1 atom stereocenters. The summed E-state index contributed by atoms with van der Waals surface area (Å²) in [5, 5.41) is 13.5. The number of hydrogen-bond acceptors (Lipinski definition) is 6. The maximum Gasteiger partial charge on any atom is 0.253 e. The lowest BCUT2D eigenvalue weighted by Gasteiger charge is -2.29. The molecule has 1 aliphatic heterocycles. The van der Waals surface area contributed by atoms with E-state index in [2.05, 4.69) is 25.4 Å². The topological polar surface area (TPSA) is 88.9 Å². The molecule has 0 radical (unpaired) electrons. The van der Waals surface area contributed by atoms with Crippen LogP contribution in [-0.4, -0.2) is 49.8 Å². The molecule has 9 heteroatoms. The molecule has 182 valence electrons. The number of aromatic amines is 1. The van der Waals surface area contributed by atoms with E-state index in [0.29, 0.717) is 24.5 Å². The summed E-state index contributed by atoms with van der Waals surface area (Å²) < 4.78 is 20.8. The molecule has 4 aromatic rings. The van der Waals surface area contributed by atoms with Gasteiger partial charge in [0.1, 0.15) is 17.6 Å². The van der Waals surface area contributed by atoms with Gasteiger partial charge < -0.3 is 9.72 Å². The Kier molecular flexibility index (Phi) is 6.85. The molecule has 35 heavy (non-hydrogen) atoms. The van der Waals surface area contributed by atoms with E-state index in [-0.39, 0.29) is 11.4 Å². The summed E-state index contributed by atoms with van der Waals surface area (Å²) in [6.45, 7) is 4.59. The number of benzene rings is 2. The summed E-state index contributed by atoms with van der Waals surface area (Å²) in [4.78, 5) is 18.7. The van der Waals surface area contributed by atoms with Crippen molar-refractivity contribution in [2.45, 2.75) is 45.2 Å². The Morgan fingerprint density at radius 3 is 2.57 bits per heavy atom. The molecule has 0 saturated carbocycles. The van der Waals surface area contributed by atoms with E-state index < -0.39 is 6.04 Å². The van der Waals surface area contributed by atoms with Crippen molar-refractivity contribution in [3.8, 4) is 5.75 Å². The highest BCUT2D eigenvalue weighted by Gasteiger charge is 2.31. The Morgan fingerprint density at radius 2 is 1.83 bits per heavy atom. The third-order valence-electron chi connectivity index (χ3n) is 6.51. The maximum absolute atomic E-state index is 13.4. The normalized spacial score (nSPS) is 15.7. The van der Waals surface area contributed by atoms with Gasteiger partial charge in [0.15, 0.2) is 5.82 Å². The first kappa shape index (κ1) is 23.2. The molecule has 2 aromatic carbocycles. The standard InChI is InChI=1S/C26H29FN6O2/c1-2-35-21-11-12-23-19(15-21)16-22(26(34)28-23)24(32-13-5-3-4-6-14-32)25-29-30-31-33(25)17-18-7-9-20(27)10-8-18/h7-12,15-16,24H,2-6,13-14,17H2,1H3,(H,28,34). The van der Waals surface area contributed by atoms with Crippen molar-refractivity contribution in [2.24, 2.45) is 0 Å². The Bertz CT molecular complexity index is 1340. The van der Waals surface area contributed by atoms with Gasteiger partial charge in [-0.2, -0.15) is 0 Å². The summed E-state index contributed by atoms with van der Waals surface area (Å²) in [6, 6.07) is 13.5. The van der Waals surface area contributed by atoms with Gasteiger partial charge in [0, 0.05) is 16.5 Å². The third kappa shape index (κ3) is 5.09. The molecule has 2 aromatic heterocycles. The minimum atomic E-state index is -0.410. The van der Waals surface area contributed by atoms with E-state index in [0.717, 1.165) is 61.0 Å². The number of ether oxygens (including phenoxy) is 1. The van der Waals surface area contributed by atoms with Crippen molar-refractivity contribution in [1.82, 2.24) is 30.1 Å². The first-order valence-corrected chi connectivity index (χ1v) is 12.2. The number of nitrogens with one attached hydrogen (secondary N) is 1. The van der Waals surface area contributed by atoms with Crippen LogP contribution in [0.4, 0.5) is 4.39 Å². The number of halogens is 1. The second-order valence-electron chi connectivity index (χ2n) is 8.91. The SMILES string of the molecule is CCOc1ccc2[nH]c(=O)c(C(c3nnnn3Cc3ccc(F)cc3)N3CCCCCC3)cc2c1. The summed E-state index contributed by atoms with van der Waals surface area (Å²) in [5.41, 5.74) is 2.07. The highest BCUT2D eigenvalue weighted by molar-refractivity contribution is 5.80. The summed E-state index contributed by atoms with van der Waals surface area (Å²) in [6.07, 6.45) is 4.43. The molecule has 0 bridgehead atoms. The predicted molar refractivity (Wildman–Crippen MR) is 131 cm³/mol. The molecule has 0 aliphatic carbocycles. The quantitative estimate of drug-likeness (QED) is 0.433. The lowest BCUT2D eigenvalue weighted by molar-refractivity contribution is 0.220. The predicted octanol–water partition coefficient (Wildman–Crippen LogP) is 4.07. The van der Waals surface area contributed by atoms with E-state index in [1.54, 1.807) is 16.8 Å². The van der Waals surface area contributed by atoms with Crippen LogP contribution in [0, 0.1) is 5.82 Å². The molecule has 3 heterocycles. The van der Waals surface area contributed by atoms with Gasteiger partial charge in [-0.05, 0) is 85.2 Å². The molecule has 1 N–H and O–H groups in total. The lowest BCUT2D eigenvalue weighted by atomic mass is 10.0. The average Bonchev–Trinajstić information content (AvgIpc) is 3.13. The van der Waals surface area contributed by atoms with E-state index in [1.807, 2.05) is 31.2 Å². The first-order chi connectivity index (χ1) is 17.1. The fourth-order valence-corrected chi connectivity index (χ4v) is 4.80. The number of tetrazole rings is 1. The number of H-pyrrole nitrogens is 1. The third-order valence-corrected chi connectivity index (χ3v) is 6.51. The minimum absolute atomic E-state index is 0.160.